The molecule has 0 bridgehead atoms. The summed E-state index contributed by atoms with van der Waals surface area (Å²) in [6.45, 7) is 16.6. The molecule has 3 aliphatic rings. The van der Waals surface area contributed by atoms with Gasteiger partial charge in [-0.2, -0.15) is 0 Å². The number of hydrogen-bond donors (Lipinski definition) is 3. The van der Waals surface area contributed by atoms with E-state index in [0.29, 0.717) is 101 Å². The number of rotatable bonds is 19. The Hall–Kier alpha value is -4.08. The minimum atomic E-state index is -0.286. The van der Waals surface area contributed by atoms with Gasteiger partial charge in [-0.25, -0.2) is 4.98 Å². The van der Waals surface area contributed by atoms with Crippen molar-refractivity contribution in [3.05, 3.63) is 69.2 Å². The molecule has 2 fully saturated rings. The fraction of sp³-hybridized carbons (Fsp3) is 0.591. The summed E-state index contributed by atoms with van der Waals surface area (Å²) in [5.74, 6) is 1.000. The first-order chi connectivity index (χ1) is 28.0. The molecule has 316 valence electrons. The quantitative estimate of drug-likeness (QED) is 0.110. The first-order valence-corrected chi connectivity index (χ1v) is 21.9. The summed E-state index contributed by atoms with van der Waals surface area (Å²) in [5, 5.41) is 19.1. The van der Waals surface area contributed by atoms with Gasteiger partial charge in [-0.05, 0) is 67.3 Å². The summed E-state index contributed by atoms with van der Waals surface area (Å²) in [6.07, 6.45) is 4.60. The third-order valence-corrected chi connectivity index (χ3v) is 12.3. The van der Waals surface area contributed by atoms with Crippen LogP contribution < -0.4 is 15.4 Å². The van der Waals surface area contributed by atoms with E-state index in [0.717, 1.165) is 55.9 Å². The van der Waals surface area contributed by atoms with E-state index in [-0.39, 0.29) is 35.7 Å². The second kappa shape index (κ2) is 20.7. The van der Waals surface area contributed by atoms with E-state index in [9.17, 15) is 19.5 Å². The third kappa shape index (κ3) is 12.0. The van der Waals surface area contributed by atoms with E-state index in [4.69, 9.17) is 14.2 Å². The van der Waals surface area contributed by atoms with E-state index >= 15 is 0 Å². The molecule has 3 aliphatic heterocycles. The number of phenolic OH excluding ortho intramolecular Hbond substituents is 1. The molecule has 0 atom stereocenters. The van der Waals surface area contributed by atoms with Crippen LogP contribution in [0.3, 0.4) is 0 Å². The Bertz CT molecular complexity index is 1840. The van der Waals surface area contributed by atoms with E-state index in [1.807, 2.05) is 21.2 Å². The van der Waals surface area contributed by atoms with Gasteiger partial charge in [0.1, 0.15) is 17.1 Å². The molecule has 2 saturated heterocycles. The van der Waals surface area contributed by atoms with Crippen molar-refractivity contribution < 1.29 is 33.7 Å². The van der Waals surface area contributed by atoms with Crippen molar-refractivity contribution in [3.63, 3.8) is 0 Å². The zero-order chi connectivity index (χ0) is 41.1. The number of carbonyl (C=O) groups excluding carboxylic acids is 3. The predicted octanol–water partition coefficient (Wildman–Crippen LogP) is 5.12. The first-order valence-electron chi connectivity index (χ1n) is 21.0. The van der Waals surface area contributed by atoms with Crippen LogP contribution >= 0.6 is 11.3 Å². The summed E-state index contributed by atoms with van der Waals surface area (Å²) in [4.78, 5) is 49.1. The number of anilines is 1. The topological polar surface area (TPSA) is 146 Å². The van der Waals surface area contributed by atoms with Gasteiger partial charge in [0.05, 0.1) is 43.4 Å². The van der Waals surface area contributed by atoms with Crippen molar-refractivity contribution in [3.8, 4) is 11.5 Å². The van der Waals surface area contributed by atoms with Crippen LogP contribution in [-0.2, 0) is 38.3 Å². The molecule has 0 aliphatic carbocycles. The summed E-state index contributed by atoms with van der Waals surface area (Å²) in [6, 6.07) is 12.1. The number of phenols is 1. The molecule has 0 radical (unpaired) electrons. The van der Waals surface area contributed by atoms with Gasteiger partial charge in [0.25, 0.3) is 11.8 Å². The van der Waals surface area contributed by atoms with Gasteiger partial charge < -0.3 is 44.7 Å². The van der Waals surface area contributed by atoms with Crippen LogP contribution in [-0.4, -0.2) is 133 Å². The van der Waals surface area contributed by atoms with Crippen LogP contribution in [0, 0.1) is 5.92 Å². The van der Waals surface area contributed by atoms with Crippen molar-refractivity contribution in [2.45, 2.75) is 77.7 Å². The number of hydrogen-bond acceptors (Lipinski definition) is 11. The van der Waals surface area contributed by atoms with Gasteiger partial charge in [-0.15, -0.1) is 11.3 Å². The molecule has 14 heteroatoms. The lowest BCUT2D eigenvalue weighted by molar-refractivity contribution is -0.132. The minimum Gasteiger partial charge on any atom is -0.506 e. The molecule has 6 rings (SSSR count). The van der Waals surface area contributed by atoms with Crippen LogP contribution in [0.2, 0.25) is 0 Å². The minimum absolute atomic E-state index is 0.0113. The smallest absolute Gasteiger partial charge is 0.273 e. The van der Waals surface area contributed by atoms with Gasteiger partial charge in [0, 0.05) is 57.1 Å². The van der Waals surface area contributed by atoms with E-state index in [1.165, 1.54) is 11.1 Å². The maximum absolute atomic E-state index is 13.3. The van der Waals surface area contributed by atoms with Crippen molar-refractivity contribution in [1.82, 2.24) is 25.0 Å². The summed E-state index contributed by atoms with van der Waals surface area (Å²) in [7, 11) is 0. The number of piperidine rings is 1. The van der Waals surface area contributed by atoms with Gasteiger partial charge in [0.2, 0.25) is 5.91 Å². The first kappa shape index (κ1) is 43.5. The normalized spacial score (nSPS) is 16.7. The Morgan fingerprint density at radius 2 is 1.84 bits per heavy atom. The highest BCUT2D eigenvalue weighted by atomic mass is 32.1. The Balaban J connectivity index is 0.858. The van der Waals surface area contributed by atoms with Crippen molar-refractivity contribution >= 4 is 34.7 Å². The molecule has 1 aromatic heterocycles. The molecular weight excluding hydrogens is 757 g/mol. The number of aromatic nitrogens is 1. The number of fused-ring (bicyclic) bond motifs is 1. The monoisotopic (exact) mass is 818 g/mol. The highest BCUT2D eigenvalue weighted by Crippen LogP contribution is 2.39. The van der Waals surface area contributed by atoms with Gasteiger partial charge >= 0.3 is 0 Å². The Labute approximate surface area is 347 Å². The number of likely N-dealkylation sites (tertiary alicyclic amines) is 1. The number of morpholine rings is 1. The van der Waals surface area contributed by atoms with Crippen LogP contribution in [0.15, 0.2) is 41.8 Å². The van der Waals surface area contributed by atoms with Crippen LogP contribution in [0.25, 0.3) is 0 Å². The molecule has 3 N–H and O–H groups in total. The van der Waals surface area contributed by atoms with Crippen LogP contribution in [0.4, 0.5) is 5.69 Å². The fourth-order valence-corrected chi connectivity index (χ4v) is 8.70. The number of benzene rings is 2. The summed E-state index contributed by atoms with van der Waals surface area (Å²) in [5.41, 5.74) is 4.06. The number of carbonyl (C=O) groups is 3. The lowest BCUT2D eigenvalue weighted by Gasteiger charge is -2.47. The van der Waals surface area contributed by atoms with Crippen molar-refractivity contribution in [2.24, 2.45) is 5.92 Å². The Morgan fingerprint density at radius 3 is 2.60 bits per heavy atom. The fourth-order valence-electron chi connectivity index (χ4n) is 7.89. The Kier molecular flexibility index (Phi) is 15.6. The second-order valence-corrected chi connectivity index (χ2v) is 17.4. The second-order valence-electron chi connectivity index (χ2n) is 16.5. The molecule has 58 heavy (non-hydrogen) atoms. The number of thiazole rings is 1. The van der Waals surface area contributed by atoms with E-state index < -0.39 is 0 Å². The lowest BCUT2D eigenvalue weighted by Crippen LogP contribution is -2.58. The SMILES string of the molecule is CC(C)CN(CCNCCc1ccc(O)c2c1OCC(=O)N2)C(=O)CCOCCc1cccc(CCN2CCC3(CC2)CN(C(=O)c2csc(C(C)C)n2)CCO3)c1. The third-order valence-electron chi connectivity index (χ3n) is 11.1. The van der Waals surface area contributed by atoms with Crippen LogP contribution in [0.1, 0.15) is 85.1 Å². The maximum Gasteiger partial charge on any atom is 0.273 e. The van der Waals surface area contributed by atoms with Gasteiger partial charge in [0.15, 0.2) is 12.4 Å². The molecule has 3 aromatic rings. The highest BCUT2D eigenvalue weighted by Gasteiger charge is 2.41. The largest absolute Gasteiger partial charge is 0.506 e. The number of nitrogens with zero attached hydrogens (tertiary/aromatic N) is 4. The molecule has 0 unspecified atom stereocenters. The number of amides is 3. The van der Waals surface area contributed by atoms with Crippen molar-refractivity contribution in [2.75, 3.05) is 90.6 Å². The average Bonchev–Trinajstić information content (AvgIpc) is 3.72. The molecule has 1 spiro atoms. The lowest BCUT2D eigenvalue weighted by atomic mass is 9.89. The maximum atomic E-state index is 13.3. The number of aromatic hydroxyl groups is 1. The molecule has 4 heterocycles. The van der Waals surface area contributed by atoms with Gasteiger partial charge in [-0.1, -0.05) is 58.0 Å². The average molecular weight is 819 g/mol. The molecule has 2 aromatic carbocycles. The predicted molar refractivity (Wildman–Crippen MR) is 226 cm³/mol. The molecule has 3 amide bonds. The zero-order valence-corrected chi connectivity index (χ0v) is 35.5. The highest BCUT2D eigenvalue weighted by molar-refractivity contribution is 7.09. The van der Waals surface area contributed by atoms with Gasteiger partial charge in [-0.3, -0.25) is 14.4 Å². The molecular formula is C44H62N6O7S. The van der Waals surface area contributed by atoms with Crippen LogP contribution in [0.5, 0.6) is 11.5 Å². The standard InChI is InChI=1S/C44H62N6O7S/c1-31(2)27-49(21-17-45-16-10-35-8-9-37(51)40-41(35)56-28-38(52)47-40)39(53)13-24-55-23-12-34-7-5-6-33(26-34)11-18-48-19-14-44(15-20-48)30-50(22-25-57-44)43(54)36-29-58-42(46-36)32(3)4/h5-9,26,29,31-32,45,51H,10-25,27-28,30H2,1-4H3,(H,47,52). The Morgan fingerprint density at radius 1 is 1.05 bits per heavy atom. The summed E-state index contributed by atoms with van der Waals surface area (Å²) < 4.78 is 17.9. The number of ether oxygens (including phenoxy) is 3. The van der Waals surface area contributed by atoms with Crippen molar-refractivity contribution in [1.29, 1.82) is 0 Å². The van der Waals surface area contributed by atoms with E-state index in [2.05, 4.69) is 72.5 Å². The van der Waals surface area contributed by atoms with E-state index in [1.54, 1.807) is 17.4 Å². The summed E-state index contributed by atoms with van der Waals surface area (Å²) >= 11 is 1.57. The molecule has 0 saturated carbocycles. The zero-order valence-electron chi connectivity index (χ0n) is 34.7. The number of nitrogens with one attached hydrogen (secondary N) is 2. The molecule has 13 nitrogen and oxygen atoms in total.